The van der Waals surface area contributed by atoms with Crippen LogP contribution in [0, 0.1) is 5.82 Å². The number of nitrogens with one attached hydrogen (secondary N) is 1. The van der Waals surface area contributed by atoms with Crippen molar-refractivity contribution in [3.63, 3.8) is 0 Å². The van der Waals surface area contributed by atoms with Crippen LogP contribution in [0.25, 0.3) is 31.4 Å². The maximum atomic E-state index is 15.1. The number of benzene rings is 1. The van der Waals surface area contributed by atoms with Crippen LogP contribution in [-0.4, -0.2) is 91.5 Å². The highest BCUT2D eigenvalue weighted by Crippen LogP contribution is 2.42. The van der Waals surface area contributed by atoms with Gasteiger partial charge in [-0.15, -0.1) is 11.3 Å². The zero-order valence-corrected chi connectivity index (χ0v) is 22.6. The minimum Gasteiger partial charge on any atom is -0.379 e. The lowest BCUT2D eigenvalue weighted by Crippen LogP contribution is -2.58. The van der Waals surface area contributed by atoms with Crippen molar-refractivity contribution in [1.82, 2.24) is 19.8 Å². The number of ether oxygens (including phenoxy) is 2. The Bertz CT molecular complexity index is 1430. The van der Waals surface area contributed by atoms with Gasteiger partial charge in [-0.3, -0.25) is 9.80 Å². The number of nitrogens with zero attached hydrogens (tertiary/aromatic N) is 4. The van der Waals surface area contributed by atoms with Crippen molar-refractivity contribution in [2.75, 3.05) is 64.5 Å². The first-order valence-electron chi connectivity index (χ1n) is 13.7. The van der Waals surface area contributed by atoms with Gasteiger partial charge in [-0.25, -0.2) is 9.37 Å². The zero-order chi connectivity index (χ0) is 25.6. The number of aromatic amines is 1. The molecule has 7 rings (SSSR count). The Morgan fingerprint density at radius 1 is 1.08 bits per heavy atom. The summed E-state index contributed by atoms with van der Waals surface area (Å²) in [5.74, 6) is 0.817. The molecule has 1 aromatic carbocycles. The zero-order valence-electron chi connectivity index (χ0n) is 21.8. The molecule has 3 saturated heterocycles. The van der Waals surface area contributed by atoms with Gasteiger partial charge < -0.3 is 19.4 Å². The topological polar surface area (TPSA) is 56.9 Å². The molecule has 0 saturated carbocycles. The second-order valence-corrected chi connectivity index (χ2v) is 11.8. The van der Waals surface area contributed by atoms with Crippen LogP contribution >= 0.6 is 11.3 Å². The van der Waals surface area contributed by atoms with Crippen LogP contribution in [0.5, 0.6) is 0 Å². The van der Waals surface area contributed by atoms with E-state index < -0.39 is 0 Å². The molecule has 38 heavy (non-hydrogen) atoms. The summed E-state index contributed by atoms with van der Waals surface area (Å²) in [6.07, 6.45) is 4.67. The molecule has 0 radical (unpaired) electrons. The summed E-state index contributed by atoms with van der Waals surface area (Å²) in [6, 6.07) is 10.4. The lowest BCUT2D eigenvalue weighted by atomic mass is 9.98. The van der Waals surface area contributed by atoms with E-state index in [-0.39, 0.29) is 5.82 Å². The number of halogens is 1. The van der Waals surface area contributed by atoms with Gasteiger partial charge in [-0.05, 0) is 43.2 Å². The first-order chi connectivity index (χ1) is 18.7. The van der Waals surface area contributed by atoms with Crippen molar-refractivity contribution in [2.45, 2.75) is 31.5 Å². The van der Waals surface area contributed by atoms with Crippen LogP contribution in [0.2, 0.25) is 0 Å². The van der Waals surface area contributed by atoms with E-state index >= 15 is 4.39 Å². The van der Waals surface area contributed by atoms with Gasteiger partial charge in [0.15, 0.2) is 0 Å². The molecule has 200 valence electrons. The highest BCUT2D eigenvalue weighted by atomic mass is 32.1. The number of piperidine rings is 1. The summed E-state index contributed by atoms with van der Waals surface area (Å²) in [7, 11) is 1.81. The highest BCUT2D eigenvalue weighted by molar-refractivity contribution is 7.22. The average Bonchev–Trinajstić information content (AvgIpc) is 3.56. The predicted molar refractivity (Wildman–Crippen MR) is 151 cm³/mol. The number of likely N-dealkylation sites (tertiary alicyclic amines) is 2. The SMILES string of the molecule is COC1CN(C2CCN(Cc3cc4sc(-c5c(F)ccc6[nH]ccc56)cc4c(N4CCOCC4)n3)CC2)C1. The number of thiophene rings is 1. The Morgan fingerprint density at radius 3 is 2.68 bits per heavy atom. The molecule has 4 aromatic rings. The first kappa shape index (κ1) is 24.5. The van der Waals surface area contributed by atoms with E-state index in [0.29, 0.717) is 30.9 Å². The van der Waals surface area contributed by atoms with Gasteiger partial charge in [0.25, 0.3) is 0 Å². The fourth-order valence-electron chi connectivity index (χ4n) is 6.23. The van der Waals surface area contributed by atoms with E-state index in [1.807, 2.05) is 19.4 Å². The second kappa shape index (κ2) is 10.2. The molecular formula is C29H34FN5O2S. The largest absolute Gasteiger partial charge is 0.379 e. The molecule has 9 heteroatoms. The highest BCUT2D eigenvalue weighted by Gasteiger charge is 2.34. The Morgan fingerprint density at radius 2 is 1.89 bits per heavy atom. The van der Waals surface area contributed by atoms with E-state index in [0.717, 1.165) is 78.5 Å². The van der Waals surface area contributed by atoms with Crippen LogP contribution in [-0.2, 0) is 16.0 Å². The van der Waals surface area contributed by atoms with Crippen LogP contribution < -0.4 is 4.90 Å². The predicted octanol–water partition coefficient (Wildman–Crippen LogP) is 4.72. The molecule has 0 spiro atoms. The Labute approximate surface area is 226 Å². The molecular weight excluding hydrogens is 501 g/mol. The molecule has 0 amide bonds. The Kier molecular flexibility index (Phi) is 6.57. The molecule has 3 fully saturated rings. The van der Waals surface area contributed by atoms with Crippen molar-refractivity contribution in [1.29, 1.82) is 0 Å². The fourth-order valence-corrected chi connectivity index (χ4v) is 7.41. The van der Waals surface area contributed by atoms with Gasteiger partial charge >= 0.3 is 0 Å². The maximum Gasteiger partial charge on any atom is 0.137 e. The first-order valence-corrected chi connectivity index (χ1v) is 14.5. The van der Waals surface area contributed by atoms with Gasteiger partial charge in [0.05, 0.1) is 25.0 Å². The quantitative estimate of drug-likeness (QED) is 0.386. The average molecular weight is 536 g/mol. The Balaban J connectivity index is 1.18. The number of morpholine rings is 1. The van der Waals surface area contributed by atoms with Crippen LogP contribution in [0.3, 0.4) is 0 Å². The molecule has 6 heterocycles. The van der Waals surface area contributed by atoms with Crippen LogP contribution in [0.1, 0.15) is 18.5 Å². The van der Waals surface area contributed by atoms with Gasteiger partial charge in [0.2, 0.25) is 0 Å². The smallest absolute Gasteiger partial charge is 0.137 e. The summed E-state index contributed by atoms with van der Waals surface area (Å²) in [4.78, 5) is 16.8. The molecule has 0 atom stereocenters. The molecule has 0 unspecified atom stereocenters. The van der Waals surface area contributed by atoms with Crippen molar-refractivity contribution >= 4 is 38.1 Å². The van der Waals surface area contributed by atoms with Gasteiger partial charge in [0.1, 0.15) is 11.6 Å². The molecule has 3 aromatic heterocycles. The van der Waals surface area contributed by atoms with Gasteiger partial charge in [-0.1, -0.05) is 0 Å². The number of H-pyrrole nitrogens is 1. The van der Waals surface area contributed by atoms with Crippen LogP contribution in [0.15, 0.2) is 36.5 Å². The summed E-state index contributed by atoms with van der Waals surface area (Å²) in [5.41, 5.74) is 2.71. The third-order valence-corrected chi connectivity index (χ3v) is 9.56. The normalized spacial score (nSPS) is 20.5. The summed E-state index contributed by atoms with van der Waals surface area (Å²) in [6.45, 7) is 8.20. The van der Waals surface area contributed by atoms with Crippen LogP contribution in [0.4, 0.5) is 10.2 Å². The number of hydrogen-bond donors (Lipinski definition) is 1. The summed E-state index contributed by atoms with van der Waals surface area (Å²) in [5, 5.41) is 2.02. The molecule has 3 aliphatic rings. The minimum atomic E-state index is -0.188. The van der Waals surface area contributed by atoms with Crippen molar-refractivity contribution in [2.24, 2.45) is 0 Å². The third kappa shape index (κ3) is 4.50. The number of anilines is 1. The molecule has 0 aliphatic carbocycles. The maximum absolute atomic E-state index is 15.1. The van der Waals surface area contributed by atoms with Gasteiger partial charge in [0, 0.05) is 96.6 Å². The molecule has 3 aliphatic heterocycles. The summed E-state index contributed by atoms with van der Waals surface area (Å²) < 4.78 is 27.4. The van der Waals surface area contributed by atoms with Gasteiger partial charge in [-0.2, -0.15) is 0 Å². The second-order valence-electron chi connectivity index (χ2n) is 10.7. The molecule has 7 nitrogen and oxygen atoms in total. The molecule has 0 bridgehead atoms. The van der Waals surface area contributed by atoms with Crippen molar-refractivity contribution < 1.29 is 13.9 Å². The van der Waals surface area contributed by atoms with E-state index in [1.54, 1.807) is 23.5 Å². The van der Waals surface area contributed by atoms with E-state index in [9.17, 15) is 0 Å². The number of methoxy groups -OCH3 is 1. The third-order valence-electron chi connectivity index (χ3n) is 8.46. The monoisotopic (exact) mass is 535 g/mol. The fraction of sp³-hybridized carbons (Fsp3) is 0.483. The number of rotatable bonds is 6. The van der Waals surface area contributed by atoms with E-state index in [2.05, 4.69) is 31.8 Å². The number of aromatic nitrogens is 2. The van der Waals surface area contributed by atoms with Crippen molar-refractivity contribution in [3.05, 3.63) is 48.0 Å². The molecule has 1 N–H and O–H groups in total. The summed E-state index contributed by atoms with van der Waals surface area (Å²) >= 11 is 1.67. The lowest BCUT2D eigenvalue weighted by Gasteiger charge is -2.46. The van der Waals surface area contributed by atoms with Crippen molar-refractivity contribution in [3.8, 4) is 10.4 Å². The number of fused-ring (bicyclic) bond motifs is 2. The number of pyridine rings is 1. The number of hydrogen-bond acceptors (Lipinski definition) is 7. The Hall–Kier alpha value is -2.56. The lowest BCUT2D eigenvalue weighted by molar-refractivity contribution is -0.0621. The minimum absolute atomic E-state index is 0.188. The van der Waals surface area contributed by atoms with E-state index in [4.69, 9.17) is 14.5 Å². The van der Waals surface area contributed by atoms with E-state index in [1.165, 1.54) is 17.5 Å². The standard InChI is InChI=1S/C29H34FN5O2S/c1-36-21-17-35(18-21)20-5-8-33(9-6-20)16-19-14-26-23(29(32-19)34-10-12-37-13-11-34)15-27(38-26)28-22-4-7-31-25(22)3-2-24(28)30/h2-4,7,14-15,20-21,31H,5-6,8-13,16-18H2,1H3.